The molecule has 24 heavy (non-hydrogen) atoms. The van der Waals surface area contributed by atoms with Crippen molar-refractivity contribution in [3.63, 3.8) is 0 Å². The fourth-order valence-electron chi connectivity index (χ4n) is 2.97. The smallest absolute Gasteiger partial charge is 0.161 e. The maximum absolute atomic E-state index is 5.92. The van der Waals surface area contributed by atoms with Gasteiger partial charge in [0.05, 0.1) is 13.7 Å². The molecular formula is C19H33ClN2O2. The summed E-state index contributed by atoms with van der Waals surface area (Å²) >= 11 is 0. The Morgan fingerprint density at radius 1 is 1.04 bits per heavy atom. The van der Waals surface area contributed by atoms with E-state index in [0.29, 0.717) is 0 Å². The number of halogens is 1. The second-order valence-corrected chi connectivity index (χ2v) is 6.44. The largest absolute Gasteiger partial charge is 0.493 e. The van der Waals surface area contributed by atoms with E-state index in [-0.39, 0.29) is 12.4 Å². The number of piperazine rings is 1. The first-order valence-corrected chi connectivity index (χ1v) is 8.93. The molecule has 0 saturated carbocycles. The highest BCUT2D eigenvalue weighted by molar-refractivity contribution is 5.85. The number of likely N-dealkylation sites (N-methyl/N-ethyl adjacent to an activating group) is 1. The summed E-state index contributed by atoms with van der Waals surface area (Å²) in [6.07, 6.45) is 4.52. The van der Waals surface area contributed by atoms with E-state index in [4.69, 9.17) is 9.47 Å². The van der Waals surface area contributed by atoms with Crippen LogP contribution in [-0.4, -0.2) is 63.3 Å². The number of hydrogen-bond donors (Lipinski definition) is 0. The third kappa shape index (κ3) is 6.88. The molecule has 1 fully saturated rings. The average molecular weight is 357 g/mol. The Labute approximate surface area is 153 Å². The predicted molar refractivity (Wildman–Crippen MR) is 103 cm³/mol. The standard InChI is InChI=1S/C19H32N2O2.ClH/c1-4-7-17-8-9-18(19(16-17)22-3)23-15-6-5-10-21-13-11-20(2)12-14-21;/h8-9,16H,4-7,10-15H2,1-3H3;1H. The molecule has 0 spiro atoms. The van der Waals surface area contributed by atoms with Crippen molar-refractivity contribution in [1.29, 1.82) is 0 Å². The topological polar surface area (TPSA) is 24.9 Å². The molecule has 1 aromatic rings. The molecule has 138 valence electrons. The van der Waals surface area contributed by atoms with E-state index in [1.165, 1.54) is 44.7 Å². The van der Waals surface area contributed by atoms with E-state index in [0.717, 1.165) is 37.4 Å². The Kier molecular flexibility index (Phi) is 10.2. The van der Waals surface area contributed by atoms with E-state index >= 15 is 0 Å². The van der Waals surface area contributed by atoms with Crippen molar-refractivity contribution >= 4 is 12.4 Å². The molecular weight excluding hydrogens is 324 g/mol. The molecule has 0 aliphatic carbocycles. The van der Waals surface area contributed by atoms with Crippen LogP contribution in [0.2, 0.25) is 0 Å². The van der Waals surface area contributed by atoms with Crippen LogP contribution in [0.4, 0.5) is 0 Å². The molecule has 1 aliphatic heterocycles. The van der Waals surface area contributed by atoms with Gasteiger partial charge < -0.3 is 19.3 Å². The van der Waals surface area contributed by atoms with E-state index < -0.39 is 0 Å². The van der Waals surface area contributed by atoms with Gasteiger partial charge in [0.15, 0.2) is 11.5 Å². The quantitative estimate of drug-likeness (QED) is 0.632. The fraction of sp³-hybridized carbons (Fsp3) is 0.684. The van der Waals surface area contributed by atoms with E-state index in [1.807, 2.05) is 6.07 Å². The summed E-state index contributed by atoms with van der Waals surface area (Å²) < 4.78 is 11.4. The number of nitrogens with zero attached hydrogens (tertiary/aromatic N) is 2. The highest BCUT2D eigenvalue weighted by Gasteiger charge is 2.12. The number of unbranched alkanes of at least 4 members (excludes halogenated alkanes) is 1. The van der Waals surface area contributed by atoms with Crippen molar-refractivity contribution in [3.8, 4) is 11.5 Å². The molecule has 1 heterocycles. The Morgan fingerprint density at radius 2 is 1.79 bits per heavy atom. The van der Waals surface area contributed by atoms with Crippen molar-refractivity contribution in [1.82, 2.24) is 9.80 Å². The number of benzene rings is 1. The first kappa shape index (κ1) is 21.1. The Bertz CT molecular complexity index is 463. The molecule has 0 N–H and O–H groups in total. The van der Waals surface area contributed by atoms with Crippen LogP contribution in [0, 0.1) is 0 Å². The molecule has 1 aliphatic rings. The third-order valence-corrected chi connectivity index (χ3v) is 4.49. The SMILES string of the molecule is CCCc1ccc(OCCCCN2CCN(C)CC2)c(OC)c1.Cl. The van der Waals surface area contributed by atoms with Crippen LogP contribution in [0.5, 0.6) is 11.5 Å². The van der Waals surface area contributed by atoms with Gasteiger partial charge in [-0.05, 0) is 50.6 Å². The van der Waals surface area contributed by atoms with E-state index in [1.54, 1.807) is 7.11 Å². The average Bonchev–Trinajstić information content (AvgIpc) is 2.57. The van der Waals surface area contributed by atoms with Gasteiger partial charge in [-0.3, -0.25) is 0 Å². The summed E-state index contributed by atoms with van der Waals surface area (Å²) in [7, 11) is 3.91. The van der Waals surface area contributed by atoms with Crippen LogP contribution >= 0.6 is 12.4 Å². The summed E-state index contributed by atoms with van der Waals surface area (Å²) in [6.45, 7) is 8.92. The number of methoxy groups -OCH3 is 1. The first-order chi connectivity index (χ1) is 11.2. The zero-order valence-corrected chi connectivity index (χ0v) is 16.2. The zero-order chi connectivity index (χ0) is 16.5. The Morgan fingerprint density at radius 3 is 2.46 bits per heavy atom. The van der Waals surface area contributed by atoms with Crippen LogP contribution in [0.25, 0.3) is 0 Å². The van der Waals surface area contributed by atoms with Gasteiger partial charge in [-0.1, -0.05) is 19.4 Å². The molecule has 1 aromatic carbocycles. The molecule has 5 heteroatoms. The van der Waals surface area contributed by atoms with Gasteiger partial charge in [0, 0.05) is 26.2 Å². The Balaban J connectivity index is 0.00000288. The lowest BCUT2D eigenvalue weighted by Gasteiger charge is -2.32. The summed E-state index contributed by atoms with van der Waals surface area (Å²) in [4.78, 5) is 4.95. The predicted octanol–water partition coefficient (Wildman–Crippen LogP) is 3.48. The minimum atomic E-state index is 0. The second-order valence-electron chi connectivity index (χ2n) is 6.44. The number of hydrogen-bond acceptors (Lipinski definition) is 4. The first-order valence-electron chi connectivity index (χ1n) is 8.93. The van der Waals surface area contributed by atoms with Crippen molar-refractivity contribution < 1.29 is 9.47 Å². The molecule has 0 atom stereocenters. The summed E-state index contributed by atoms with van der Waals surface area (Å²) in [5.74, 6) is 1.72. The highest BCUT2D eigenvalue weighted by atomic mass is 35.5. The lowest BCUT2D eigenvalue weighted by atomic mass is 10.1. The van der Waals surface area contributed by atoms with Gasteiger partial charge in [0.1, 0.15) is 0 Å². The van der Waals surface area contributed by atoms with Crippen molar-refractivity contribution in [3.05, 3.63) is 23.8 Å². The highest BCUT2D eigenvalue weighted by Crippen LogP contribution is 2.28. The van der Waals surface area contributed by atoms with Crippen LogP contribution in [0.15, 0.2) is 18.2 Å². The van der Waals surface area contributed by atoms with Crippen molar-refractivity contribution in [2.24, 2.45) is 0 Å². The van der Waals surface area contributed by atoms with Crippen molar-refractivity contribution in [2.75, 3.05) is 53.5 Å². The minimum absolute atomic E-state index is 0. The van der Waals surface area contributed by atoms with Gasteiger partial charge in [0.2, 0.25) is 0 Å². The number of aryl methyl sites for hydroxylation is 1. The normalized spacial score (nSPS) is 15.8. The van der Waals surface area contributed by atoms with Gasteiger partial charge in [0.25, 0.3) is 0 Å². The van der Waals surface area contributed by atoms with Gasteiger partial charge in [-0.15, -0.1) is 12.4 Å². The zero-order valence-electron chi connectivity index (χ0n) is 15.4. The molecule has 2 rings (SSSR count). The Hall–Kier alpha value is -0.970. The lowest BCUT2D eigenvalue weighted by molar-refractivity contribution is 0.149. The summed E-state index contributed by atoms with van der Waals surface area (Å²) in [5, 5.41) is 0. The minimum Gasteiger partial charge on any atom is -0.493 e. The van der Waals surface area contributed by atoms with Crippen molar-refractivity contribution in [2.45, 2.75) is 32.6 Å². The number of rotatable bonds is 9. The summed E-state index contributed by atoms with van der Waals surface area (Å²) in [5.41, 5.74) is 1.31. The van der Waals surface area contributed by atoms with Gasteiger partial charge in [-0.25, -0.2) is 0 Å². The van der Waals surface area contributed by atoms with Crippen LogP contribution in [0.1, 0.15) is 31.7 Å². The fourth-order valence-corrected chi connectivity index (χ4v) is 2.97. The van der Waals surface area contributed by atoms with E-state index in [2.05, 4.69) is 35.9 Å². The van der Waals surface area contributed by atoms with E-state index in [9.17, 15) is 0 Å². The molecule has 0 radical (unpaired) electrons. The summed E-state index contributed by atoms with van der Waals surface area (Å²) in [6, 6.07) is 6.29. The van der Waals surface area contributed by atoms with Gasteiger partial charge in [-0.2, -0.15) is 0 Å². The lowest BCUT2D eigenvalue weighted by Crippen LogP contribution is -2.44. The monoisotopic (exact) mass is 356 g/mol. The molecule has 0 unspecified atom stereocenters. The third-order valence-electron chi connectivity index (χ3n) is 4.49. The molecule has 1 saturated heterocycles. The van der Waals surface area contributed by atoms with Crippen LogP contribution < -0.4 is 9.47 Å². The maximum atomic E-state index is 5.92. The number of ether oxygens (including phenoxy) is 2. The molecule has 0 amide bonds. The molecule has 0 aromatic heterocycles. The van der Waals surface area contributed by atoms with Gasteiger partial charge >= 0.3 is 0 Å². The van der Waals surface area contributed by atoms with Crippen LogP contribution in [0.3, 0.4) is 0 Å². The molecule has 0 bridgehead atoms. The maximum Gasteiger partial charge on any atom is 0.161 e. The molecule has 4 nitrogen and oxygen atoms in total. The van der Waals surface area contributed by atoms with Crippen LogP contribution in [-0.2, 0) is 6.42 Å². The second kappa shape index (κ2) is 11.6.